The van der Waals surface area contributed by atoms with Crippen LogP contribution in [0.1, 0.15) is 43.4 Å². The number of anilines is 1. The first-order valence-corrected chi connectivity index (χ1v) is 7.18. The van der Waals surface area contributed by atoms with Crippen LogP contribution >= 0.6 is 0 Å². The molecule has 0 aliphatic heterocycles. The maximum absolute atomic E-state index is 3.70. The Balaban J connectivity index is 2.17. The van der Waals surface area contributed by atoms with Gasteiger partial charge in [-0.3, -0.25) is 0 Å². The van der Waals surface area contributed by atoms with Crippen molar-refractivity contribution in [2.24, 2.45) is 0 Å². The number of rotatable bonds is 6. The largest absolute Gasteiger partial charge is 0.378 e. The van der Waals surface area contributed by atoms with Crippen LogP contribution in [0.2, 0.25) is 0 Å². The van der Waals surface area contributed by atoms with Crippen molar-refractivity contribution in [1.29, 1.82) is 0 Å². The molecule has 1 heteroatoms. The lowest BCUT2D eigenvalue weighted by molar-refractivity contribution is 0.634. The van der Waals surface area contributed by atoms with E-state index in [0.717, 1.165) is 0 Å². The van der Waals surface area contributed by atoms with Crippen molar-refractivity contribution in [3.8, 4) is 0 Å². The molecule has 0 fully saturated rings. The van der Waals surface area contributed by atoms with Gasteiger partial charge in [-0.1, -0.05) is 68.3 Å². The molecule has 1 unspecified atom stereocenters. The minimum atomic E-state index is 0.405. The molecule has 1 atom stereocenters. The van der Waals surface area contributed by atoms with E-state index in [1.165, 1.54) is 36.1 Å². The highest BCUT2D eigenvalue weighted by atomic mass is 14.9. The normalized spacial score (nSPS) is 12.1. The second-order valence-electron chi connectivity index (χ2n) is 5.06. The summed E-state index contributed by atoms with van der Waals surface area (Å²) in [5.74, 6) is 0. The first-order chi connectivity index (χ1) is 9.31. The summed E-state index contributed by atoms with van der Waals surface area (Å²) in [6, 6.07) is 19.7. The molecule has 19 heavy (non-hydrogen) atoms. The lowest BCUT2D eigenvalue weighted by Gasteiger charge is -2.21. The fourth-order valence-corrected chi connectivity index (χ4v) is 2.34. The zero-order valence-electron chi connectivity index (χ0n) is 11.9. The summed E-state index contributed by atoms with van der Waals surface area (Å²) < 4.78 is 0. The molecule has 2 rings (SSSR count). The van der Waals surface area contributed by atoms with Crippen molar-refractivity contribution in [3.63, 3.8) is 0 Å². The van der Waals surface area contributed by atoms with Crippen molar-refractivity contribution < 1.29 is 0 Å². The lowest BCUT2D eigenvalue weighted by Crippen LogP contribution is -2.11. The third-order valence-corrected chi connectivity index (χ3v) is 3.52. The summed E-state index contributed by atoms with van der Waals surface area (Å²) in [5.41, 5.74) is 3.92. The fraction of sp³-hybridized carbons (Fsp3) is 0.333. The monoisotopic (exact) mass is 253 g/mol. The van der Waals surface area contributed by atoms with E-state index in [1.807, 2.05) is 0 Å². The Hall–Kier alpha value is -1.76. The van der Waals surface area contributed by atoms with Crippen molar-refractivity contribution in [2.45, 2.75) is 39.2 Å². The van der Waals surface area contributed by atoms with Crippen LogP contribution in [-0.4, -0.2) is 0 Å². The number of para-hydroxylation sites is 1. The molecule has 0 spiro atoms. The summed E-state index contributed by atoms with van der Waals surface area (Å²) in [4.78, 5) is 0. The Morgan fingerprint density at radius 1 is 0.947 bits per heavy atom. The topological polar surface area (TPSA) is 12.0 Å². The molecule has 0 amide bonds. The van der Waals surface area contributed by atoms with Crippen LogP contribution in [-0.2, 0) is 0 Å². The lowest BCUT2D eigenvalue weighted by atomic mass is 10.0. The van der Waals surface area contributed by atoms with Gasteiger partial charge in [0.25, 0.3) is 0 Å². The van der Waals surface area contributed by atoms with E-state index in [4.69, 9.17) is 0 Å². The van der Waals surface area contributed by atoms with Crippen LogP contribution in [0.25, 0.3) is 0 Å². The van der Waals surface area contributed by atoms with Gasteiger partial charge in [0.05, 0.1) is 6.04 Å². The van der Waals surface area contributed by atoms with Gasteiger partial charge in [0.2, 0.25) is 0 Å². The van der Waals surface area contributed by atoms with E-state index in [9.17, 15) is 0 Å². The number of nitrogens with one attached hydrogen (secondary N) is 1. The Morgan fingerprint density at radius 3 is 2.32 bits per heavy atom. The van der Waals surface area contributed by atoms with Crippen LogP contribution in [0, 0.1) is 6.92 Å². The zero-order chi connectivity index (χ0) is 13.5. The standard InChI is InChI=1S/C18H23N/c1-3-4-13-18(16-11-6-5-7-12-16)19-17-14-9-8-10-15(17)2/h5-12,14,18-19H,3-4,13H2,1-2H3. The molecule has 1 N–H and O–H groups in total. The first-order valence-electron chi connectivity index (χ1n) is 7.18. The van der Waals surface area contributed by atoms with E-state index in [2.05, 4.69) is 73.8 Å². The van der Waals surface area contributed by atoms with E-state index >= 15 is 0 Å². The number of hydrogen-bond acceptors (Lipinski definition) is 1. The highest BCUT2D eigenvalue weighted by Gasteiger charge is 2.11. The van der Waals surface area contributed by atoms with Gasteiger partial charge in [0.1, 0.15) is 0 Å². The SMILES string of the molecule is CCCCC(Nc1ccccc1C)c1ccccc1. The smallest absolute Gasteiger partial charge is 0.0513 e. The molecule has 0 aliphatic carbocycles. The molecular weight excluding hydrogens is 230 g/mol. The van der Waals surface area contributed by atoms with Crippen LogP contribution in [0.15, 0.2) is 54.6 Å². The number of hydrogen-bond donors (Lipinski definition) is 1. The highest BCUT2D eigenvalue weighted by molar-refractivity contribution is 5.51. The van der Waals surface area contributed by atoms with Gasteiger partial charge >= 0.3 is 0 Å². The Labute approximate surface area is 116 Å². The molecule has 2 aromatic carbocycles. The van der Waals surface area contributed by atoms with Crippen LogP contribution < -0.4 is 5.32 Å². The first kappa shape index (κ1) is 13.7. The van der Waals surface area contributed by atoms with Crippen molar-refractivity contribution in [3.05, 3.63) is 65.7 Å². The maximum Gasteiger partial charge on any atom is 0.0513 e. The van der Waals surface area contributed by atoms with Gasteiger partial charge in [-0.2, -0.15) is 0 Å². The molecule has 0 saturated carbocycles. The number of benzene rings is 2. The van der Waals surface area contributed by atoms with Crippen LogP contribution in [0.3, 0.4) is 0 Å². The number of aryl methyl sites for hydroxylation is 1. The summed E-state index contributed by atoms with van der Waals surface area (Å²) in [5, 5.41) is 3.70. The predicted molar refractivity (Wildman–Crippen MR) is 83.5 cm³/mol. The summed E-state index contributed by atoms with van der Waals surface area (Å²) in [6.45, 7) is 4.40. The maximum atomic E-state index is 3.70. The predicted octanol–water partition coefficient (Wildman–Crippen LogP) is 5.34. The average molecular weight is 253 g/mol. The van der Waals surface area contributed by atoms with Gasteiger partial charge in [0.15, 0.2) is 0 Å². The second-order valence-corrected chi connectivity index (χ2v) is 5.06. The molecule has 0 heterocycles. The molecule has 100 valence electrons. The Kier molecular flexibility index (Phi) is 5.02. The highest BCUT2D eigenvalue weighted by Crippen LogP contribution is 2.26. The molecule has 0 radical (unpaired) electrons. The molecular formula is C18H23N. The van der Waals surface area contributed by atoms with E-state index in [1.54, 1.807) is 0 Å². The van der Waals surface area contributed by atoms with Gasteiger partial charge in [-0.25, -0.2) is 0 Å². The van der Waals surface area contributed by atoms with Crippen molar-refractivity contribution >= 4 is 5.69 Å². The van der Waals surface area contributed by atoms with Gasteiger partial charge in [-0.15, -0.1) is 0 Å². The van der Waals surface area contributed by atoms with E-state index in [-0.39, 0.29) is 0 Å². The van der Waals surface area contributed by atoms with Crippen LogP contribution in [0.4, 0.5) is 5.69 Å². The summed E-state index contributed by atoms with van der Waals surface area (Å²) in [7, 11) is 0. The van der Waals surface area contributed by atoms with Gasteiger partial charge < -0.3 is 5.32 Å². The zero-order valence-corrected chi connectivity index (χ0v) is 11.9. The van der Waals surface area contributed by atoms with E-state index in [0.29, 0.717) is 6.04 Å². The molecule has 0 aromatic heterocycles. The molecule has 0 bridgehead atoms. The molecule has 0 aliphatic rings. The minimum absolute atomic E-state index is 0.405. The summed E-state index contributed by atoms with van der Waals surface area (Å²) >= 11 is 0. The Bertz CT molecular complexity index is 490. The average Bonchev–Trinajstić information content (AvgIpc) is 2.46. The van der Waals surface area contributed by atoms with Gasteiger partial charge in [0, 0.05) is 5.69 Å². The third-order valence-electron chi connectivity index (χ3n) is 3.52. The van der Waals surface area contributed by atoms with Crippen molar-refractivity contribution in [2.75, 3.05) is 5.32 Å². The van der Waals surface area contributed by atoms with Gasteiger partial charge in [-0.05, 0) is 30.5 Å². The fourth-order valence-electron chi connectivity index (χ4n) is 2.34. The Morgan fingerprint density at radius 2 is 1.63 bits per heavy atom. The number of unbranched alkanes of at least 4 members (excludes halogenated alkanes) is 1. The molecule has 0 saturated heterocycles. The quantitative estimate of drug-likeness (QED) is 0.733. The van der Waals surface area contributed by atoms with Crippen LogP contribution in [0.5, 0.6) is 0 Å². The summed E-state index contributed by atoms with van der Waals surface area (Å²) in [6.07, 6.45) is 3.66. The van der Waals surface area contributed by atoms with Crippen molar-refractivity contribution in [1.82, 2.24) is 0 Å². The minimum Gasteiger partial charge on any atom is -0.378 e. The molecule has 2 aromatic rings. The third kappa shape index (κ3) is 3.85. The molecule has 1 nitrogen and oxygen atoms in total. The second kappa shape index (κ2) is 6.98. The van der Waals surface area contributed by atoms with E-state index < -0.39 is 0 Å².